The lowest BCUT2D eigenvalue weighted by atomic mass is 10.2. The molecule has 2 aromatic rings. The van der Waals surface area contributed by atoms with Gasteiger partial charge in [0.1, 0.15) is 4.90 Å². The first kappa shape index (κ1) is 18.3. The monoisotopic (exact) mass is 404 g/mol. The maximum absolute atomic E-state index is 14.1. The first-order valence-electron chi connectivity index (χ1n) is 7.47. The van der Waals surface area contributed by atoms with E-state index in [1.807, 2.05) is 4.90 Å². The Morgan fingerprint density at radius 2 is 1.84 bits per heavy atom. The number of benzene rings is 2. The highest BCUT2D eigenvalue weighted by molar-refractivity contribution is 7.92. The number of hydrogen-bond acceptors (Lipinski definition) is 4. The Labute approximate surface area is 155 Å². The summed E-state index contributed by atoms with van der Waals surface area (Å²) in [6.07, 6.45) is 0. The van der Waals surface area contributed by atoms with Crippen LogP contribution >= 0.6 is 23.2 Å². The van der Waals surface area contributed by atoms with Gasteiger partial charge in [-0.25, -0.2) is 12.8 Å². The Morgan fingerprint density at radius 3 is 2.56 bits per heavy atom. The minimum atomic E-state index is -4.17. The number of nitrogens with zero attached hydrogens (tertiary/aromatic N) is 1. The van der Waals surface area contributed by atoms with Crippen molar-refractivity contribution in [1.82, 2.24) is 0 Å². The van der Waals surface area contributed by atoms with Crippen LogP contribution in [0.1, 0.15) is 0 Å². The molecule has 1 aliphatic rings. The number of halogens is 3. The van der Waals surface area contributed by atoms with Crippen molar-refractivity contribution in [2.45, 2.75) is 4.90 Å². The van der Waals surface area contributed by atoms with Gasteiger partial charge in [-0.2, -0.15) is 0 Å². The van der Waals surface area contributed by atoms with Crippen LogP contribution in [0.5, 0.6) is 0 Å². The molecule has 0 radical (unpaired) electrons. The van der Waals surface area contributed by atoms with Gasteiger partial charge in [-0.05, 0) is 30.3 Å². The predicted octanol–water partition coefficient (Wildman–Crippen LogP) is 3.77. The lowest BCUT2D eigenvalue weighted by Gasteiger charge is -2.30. The Bertz CT molecular complexity index is 887. The second-order valence-corrected chi connectivity index (χ2v) is 7.91. The maximum atomic E-state index is 14.1. The van der Waals surface area contributed by atoms with Crippen LogP contribution in [0.15, 0.2) is 41.3 Å². The summed E-state index contributed by atoms with van der Waals surface area (Å²) in [6, 6.07) is 8.70. The molecule has 25 heavy (non-hydrogen) atoms. The summed E-state index contributed by atoms with van der Waals surface area (Å²) in [5.41, 5.74) is 0.924. The fourth-order valence-corrected chi connectivity index (χ4v) is 4.13. The number of ether oxygens (including phenoxy) is 1. The highest BCUT2D eigenvalue weighted by Crippen LogP contribution is 2.32. The van der Waals surface area contributed by atoms with Gasteiger partial charge in [0.15, 0.2) is 5.82 Å². The molecule has 0 aliphatic carbocycles. The molecule has 0 atom stereocenters. The standard InChI is InChI=1S/C16H15Cl2FN2O3S/c17-11-4-5-14(21-6-8-24-9-7-21)13(10-11)20-25(22,23)15-3-1-2-12(18)16(15)19/h1-5,10,20H,6-9H2. The van der Waals surface area contributed by atoms with E-state index in [4.69, 9.17) is 27.9 Å². The molecule has 0 bridgehead atoms. The van der Waals surface area contributed by atoms with E-state index in [1.54, 1.807) is 12.1 Å². The van der Waals surface area contributed by atoms with Gasteiger partial charge >= 0.3 is 0 Å². The Morgan fingerprint density at radius 1 is 1.12 bits per heavy atom. The number of rotatable bonds is 4. The first-order chi connectivity index (χ1) is 11.9. The van der Waals surface area contributed by atoms with Crippen LogP contribution in [0.4, 0.5) is 15.8 Å². The first-order valence-corrected chi connectivity index (χ1v) is 9.71. The van der Waals surface area contributed by atoms with Gasteiger partial charge in [-0.3, -0.25) is 4.72 Å². The fourth-order valence-electron chi connectivity index (χ4n) is 2.56. The normalized spacial score (nSPS) is 15.2. The van der Waals surface area contributed by atoms with Crippen molar-refractivity contribution in [3.63, 3.8) is 0 Å². The largest absolute Gasteiger partial charge is 0.378 e. The zero-order valence-corrected chi connectivity index (χ0v) is 15.3. The number of morpholine rings is 1. The van der Waals surface area contributed by atoms with Crippen molar-refractivity contribution in [3.8, 4) is 0 Å². The molecular formula is C16H15Cl2FN2O3S. The lowest BCUT2D eigenvalue weighted by molar-refractivity contribution is 0.123. The van der Waals surface area contributed by atoms with Crippen molar-refractivity contribution in [3.05, 3.63) is 52.3 Å². The minimum Gasteiger partial charge on any atom is -0.378 e. The zero-order valence-electron chi connectivity index (χ0n) is 13.0. The summed E-state index contributed by atoms with van der Waals surface area (Å²) >= 11 is 11.7. The van der Waals surface area contributed by atoms with Crippen LogP contribution in [0.25, 0.3) is 0 Å². The predicted molar refractivity (Wildman–Crippen MR) is 96.7 cm³/mol. The van der Waals surface area contributed by atoms with Gasteiger partial charge in [-0.15, -0.1) is 0 Å². The van der Waals surface area contributed by atoms with Gasteiger partial charge in [0.05, 0.1) is 29.6 Å². The molecule has 0 unspecified atom stereocenters. The molecule has 1 fully saturated rings. The van der Waals surface area contributed by atoms with Crippen LogP contribution in [0.3, 0.4) is 0 Å². The molecule has 2 aromatic carbocycles. The molecule has 1 aliphatic heterocycles. The van der Waals surface area contributed by atoms with Crippen LogP contribution in [0, 0.1) is 5.82 Å². The minimum absolute atomic E-state index is 0.262. The summed E-state index contributed by atoms with van der Waals surface area (Å²) in [4.78, 5) is 1.46. The molecular weight excluding hydrogens is 390 g/mol. The van der Waals surface area contributed by atoms with E-state index < -0.39 is 20.7 Å². The molecule has 0 spiro atoms. The van der Waals surface area contributed by atoms with Crippen LogP contribution in [0.2, 0.25) is 10.0 Å². The van der Waals surface area contributed by atoms with Crippen molar-refractivity contribution >= 4 is 44.6 Å². The Balaban J connectivity index is 1.99. The van der Waals surface area contributed by atoms with E-state index in [2.05, 4.69) is 4.72 Å². The highest BCUT2D eigenvalue weighted by Gasteiger charge is 2.24. The summed E-state index contributed by atoms with van der Waals surface area (Å²) in [5, 5.41) is 0.101. The molecule has 1 saturated heterocycles. The van der Waals surface area contributed by atoms with Gasteiger partial charge in [0.2, 0.25) is 0 Å². The highest BCUT2D eigenvalue weighted by atomic mass is 35.5. The second-order valence-electron chi connectivity index (χ2n) is 5.42. The van der Waals surface area contributed by atoms with Gasteiger partial charge in [0, 0.05) is 18.1 Å². The van der Waals surface area contributed by atoms with E-state index in [0.29, 0.717) is 37.0 Å². The Kier molecular flexibility index (Phi) is 5.38. The molecule has 1 heterocycles. The van der Waals surface area contributed by atoms with Crippen LogP contribution in [-0.4, -0.2) is 34.7 Å². The zero-order chi connectivity index (χ0) is 18.0. The van der Waals surface area contributed by atoms with Crippen LogP contribution < -0.4 is 9.62 Å². The molecule has 0 aromatic heterocycles. The van der Waals surface area contributed by atoms with Crippen LogP contribution in [-0.2, 0) is 14.8 Å². The van der Waals surface area contributed by atoms with E-state index in [1.165, 1.54) is 18.2 Å². The van der Waals surface area contributed by atoms with Gasteiger partial charge in [-0.1, -0.05) is 29.3 Å². The van der Waals surface area contributed by atoms with E-state index in [-0.39, 0.29) is 10.7 Å². The summed E-state index contributed by atoms with van der Waals surface area (Å²) in [6.45, 7) is 2.30. The fraction of sp³-hybridized carbons (Fsp3) is 0.250. The summed E-state index contributed by atoms with van der Waals surface area (Å²) < 4.78 is 47.1. The quantitative estimate of drug-likeness (QED) is 0.842. The number of nitrogens with one attached hydrogen (secondary N) is 1. The van der Waals surface area contributed by atoms with Crippen molar-refractivity contribution < 1.29 is 17.5 Å². The molecule has 134 valence electrons. The third kappa shape index (κ3) is 4.00. The van der Waals surface area contributed by atoms with Gasteiger partial charge in [0.25, 0.3) is 10.0 Å². The average molecular weight is 405 g/mol. The molecule has 9 heteroatoms. The molecule has 0 amide bonds. The SMILES string of the molecule is O=S(=O)(Nc1cc(Cl)ccc1N1CCOCC1)c1cccc(Cl)c1F. The molecule has 0 saturated carbocycles. The second kappa shape index (κ2) is 7.37. The lowest BCUT2D eigenvalue weighted by Crippen LogP contribution is -2.36. The molecule has 5 nitrogen and oxygen atoms in total. The van der Waals surface area contributed by atoms with Crippen molar-refractivity contribution in [1.29, 1.82) is 0 Å². The van der Waals surface area contributed by atoms with E-state index in [9.17, 15) is 12.8 Å². The maximum Gasteiger partial charge on any atom is 0.264 e. The van der Waals surface area contributed by atoms with Crippen molar-refractivity contribution in [2.75, 3.05) is 35.9 Å². The number of sulfonamides is 1. The van der Waals surface area contributed by atoms with E-state index >= 15 is 0 Å². The van der Waals surface area contributed by atoms with E-state index in [0.717, 1.165) is 6.07 Å². The Hall–Kier alpha value is -1.54. The topological polar surface area (TPSA) is 58.6 Å². The third-order valence-electron chi connectivity index (χ3n) is 3.76. The smallest absolute Gasteiger partial charge is 0.264 e. The molecule has 3 rings (SSSR count). The molecule has 1 N–H and O–H groups in total. The average Bonchev–Trinajstić information content (AvgIpc) is 2.58. The van der Waals surface area contributed by atoms with Crippen molar-refractivity contribution in [2.24, 2.45) is 0 Å². The summed E-state index contributed by atoms with van der Waals surface area (Å²) in [5.74, 6) is -0.994. The third-order valence-corrected chi connectivity index (χ3v) is 5.67. The number of anilines is 2. The number of hydrogen-bond donors (Lipinski definition) is 1. The van der Waals surface area contributed by atoms with Gasteiger partial charge < -0.3 is 9.64 Å². The summed E-state index contributed by atoms with van der Waals surface area (Å²) in [7, 11) is -4.17.